The van der Waals surface area contributed by atoms with Crippen molar-refractivity contribution in [2.24, 2.45) is 0 Å². The Morgan fingerprint density at radius 3 is 1.91 bits per heavy atom. The number of ether oxygens (including phenoxy) is 4. The summed E-state index contributed by atoms with van der Waals surface area (Å²) in [5.74, 6) is -0.389. The van der Waals surface area contributed by atoms with Crippen molar-refractivity contribution in [3.05, 3.63) is 82.4 Å². The Bertz CT molecular complexity index is 1270. The SMILES string of the molecule is CC(=O)Oc1ccc2c(c1)Oc1cc(OC(C)=O)ccc1C21OC(=O)c2cc(CO)ccc21. The van der Waals surface area contributed by atoms with Crippen LogP contribution in [0.1, 0.15) is 46.5 Å². The number of carbonyl (C=O) groups excluding carboxylic acids is 3. The Kier molecular flexibility index (Phi) is 4.68. The molecule has 2 aliphatic heterocycles. The highest BCUT2D eigenvalue weighted by Crippen LogP contribution is 2.57. The van der Waals surface area contributed by atoms with Crippen LogP contribution in [0.2, 0.25) is 0 Å². The molecule has 0 atom stereocenters. The minimum atomic E-state index is -1.34. The van der Waals surface area contributed by atoms with E-state index in [4.69, 9.17) is 18.9 Å². The molecule has 8 heteroatoms. The molecule has 0 saturated carbocycles. The quantitative estimate of drug-likeness (QED) is 0.480. The van der Waals surface area contributed by atoms with Gasteiger partial charge >= 0.3 is 17.9 Å². The summed E-state index contributed by atoms with van der Waals surface area (Å²) in [6.07, 6.45) is 0. The lowest BCUT2D eigenvalue weighted by Gasteiger charge is -2.36. The second-order valence-electron chi connectivity index (χ2n) is 7.71. The maximum atomic E-state index is 13.0. The summed E-state index contributed by atoms with van der Waals surface area (Å²) in [6, 6.07) is 14.7. The highest BCUT2D eigenvalue weighted by molar-refractivity contribution is 5.97. The van der Waals surface area contributed by atoms with E-state index in [9.17, 15) is 19.5 Å². The van der Waals surface area contributed by atoms with Crippen LogP contribution in [0.5, 0.6) is 23.0 Å². The second kappa shape index (κ2) is 7.46. The van der Waals surface area contributed by atoms with E-state index in [-0.39, 0.29) is 18.1 Å². The molecule has 0 aliphatic carbocycles. The predicted molar refractivity (Wildman–Crippen MR) is 113 cm³/mol. The number of rotatable bonds is 3. The standard InChI is InChI=1S/C25H18O8/c1-13(27)30-16-4-7-20-22(10-16)32-23-11-17(31-14(2)28)5-8-21(23)25(20)19-6-3-15(12-26)9-18(19)24(29)33-25/h3-11,26H,12H2,1-2H3. The van der Waals surface area contributed by atoms with Crippen molar-refractivity contribution in [2.75, 3.05) is 0 Å². The Morgan fingerprint density at radius 1 is 0.848 bits per heavy atom. The van der Waals surface area contributed by atoms with Gasteiger partial charge in [-0.25, -0.2) is 4.79 Å². The van der Waals surface area contributed by atoms with E-state index in [0.29, 0.717) is 39.3 Å². The predicted octanol–water partition coefficient (Wildman–Crippen LogP) is 3.60. The van der Waals surface area contributed by atoms with Gasteiger partial charge in [0.2, 0.25) is 0 Å². The van der Waals surface area contributed by atoms with Crippen LogP contribution in [-0.2, 0) is 26.5 Å². The topological polar surface area (TPSA) is 108 Å². The van der Waals surface area contributed by atoms with Crippen molar-refractivity contribution in [3.8, 4) is 23.0 Å². The maximum Gasteiger partial charge on any atom is 0.340 e. The number of esters is 3. The van der Waals surface area contributed by atoms with Gasteiger partial charge in [0, 0.05) is 42.7 Å². The first kappa shape index (κ1) is 20.7. The normalized spacial score (nSPS) is 14.5. The van der Waals surface area contributed by atoms with E-state index in [0.717, 1.165) is 0 Å². The van der Waals surface area contributed by atoms with Crippen molar-refractivity contribution in [1.29, 1.82) is 0 Å². The average molecular weight is 446 g/mol. The lowest BCUT2D eigenvalue weighted by atomic mass is 9.77. The highest BCUT2D eigenvalue weighted by atomic mass is 16.6. The van der Waals surface area contributed by atoms with E-state index in [1.54, 1.807) is 42.5 Å². The molecule has 1 N–H and O–H groups in total. The molecular weight excluding hydrogens is 428 g/mol. The Labute approximate surface area is 188 Å². The van der Waals surface area contributed by atoms with Crippen LogP contribution in [0.15, 0.2) is 54.6 Å². The molecule has 166 valence electrons. The smallest absolute Gasteiger partial charge is 0.340 e. The number of hydrogen-bond donors (Lipinski definition) is 1. The number of fused-ring (bicyclic) bond motifs is 6. The van der Waals surface area contributed by atoms with Crippen molar-refractivity contribution in [2.45, 2.75) is 26.1 Å². The molecule has 33 heavy (non-hydrogen) atoms. The number of carbonyl (C=O) groups is 3. The Balaban J connectivity index is 1.76. The van der Waals surface area contributed by atoms with Crippen LogP contribution < -0.4 is 14.2 Å². The number of aliphatic hydroxyl groups is 1. The average Bonchev–Trinajstić information content (AvgIpc) is 3.05. The van der Waals surface area contributed by atoms with Crippen molar-refractivity contribution in [3.63, 3.8) is 0 Å². The second-order valence-corrected chi connectivity index (χ2v) is 7.71. The molecule has 8 nitrogen and oxygen atoms in total. The summed E-state index contributed by atoms with van der Waals surface area (Å²) < 4.78 is 22.5. The van der Waals surface area contributed by atoms with Gasteiger partial charge in [0.05, 0.1) is 12.2 Å². The summed E-state index contributed by atoms with van der Waals surface area (Å²) >= 11 is 0. The number of benzene rings is 3. The summed E-state index contributed by atoms with van der Waals surface area (Å²) in [6.45, 7) is 2.35. The lowest BCUT2D eigenvalue weighted by molar-refractivity contribution is -0.132. The zero-order valence-electron chi connectivity index (χ0n) is 17.7. The minimum Gasteiger partial charge on any atom is -0.456 e. The lowest BCUT2D eigenvalue weighted by Crippen LogP contribution is -2.33. The molecule has 0 bridgehead atoms. The summed E-state index contributed by atoms with van der Waals surface area (Å²) in [5, 5.41) is 9.52. The van der Waals surface area contributed by atoms with Crippen LogP contribution in [0.3, 0.4) is 0 Å². The monoisotopic (exact) mass is 446 g/mol. The van der Waals surface area contributed by atoms with Gasteiger partial charge in [-0.3, -0.25) is 9.59 Å². The first-order chi connectivity index (χ1) is 15.8. The highest BCUT2D eigenvalue weighted by Gasteiger charge is 2.53. The van der Waals surface area contributed by atoms with Gasteiger partial charge in [0.15, 0.2) is 5.60 Å². The Hall–Kier alpha value is -4.17. The zero-order valence-corrected chi connectivity index (χ0v) is 17.7. The number of hydrogen-bond acceptors (Lipinski definition) is 8. The summed E-state index contributed by atoms with van der Waals surface area (Å²) in [4.78, 5) is 35.9. The molecule has 0 unspecified atom stereocenters. The van der Waals surface area contributed by atoms with Crippen LogP contribution >= 0.6 is 0 Å². The fourth-order valence-corrected chi connectivity index (χ4v) is 4.29. The van der Waals surface area contributed by atoms with Crippen LogP contribution in [0.4, 0.5) is 0 Å². The maximum absolute atomic E-state index is 13.0. The van der Waals surface area contributed by atoms with E-state index in [2.05, 4.69) is 0 Å². The molecule has 0 amide bonds. The fourth-order valence-electron chi connectivity index (χ4n) is 4.29. The van der Waals surface area contributed by atoms with Gasteiger partial charge in [0.25, 0.3) is 0 Å². The summed E-state index contributed by atoms with van der Waals surface area (Å²) in [5.41, 5.74) is 1.22. The van der Waals surface area contributed by atoms with E-state index < -0.39 is 23.5 Å². The molecular formula is C25H18O8. The molecule has 5 rings (SSSR count). The van der Waals surface area contributed by atoms with Crippen molar-refractivity contribution in [1.82, 2.24) is 0 Å². The van der Waals surface area contributed by atoms with Crippen molar-refractivity contribution >= 4 is 17.9 Å². The fraction of sp³-hybridized carbons (Fsp3) is 0.160. The molecule has 2 heterocycles. The molecule has 0 radical (unpaired) electrons. The first-order valence-corrected chi connectivity index (χ1v) is 10.1. The molecule has 0 aromatic heterocycles. The third kappa shape index (κ3) is 3.23. The van der Waals surface area contributed by atoms with Crippen LogP contribution in [0, 0.1) is 0 Å². The van der Waals surface area contributed by atoms with E-state index in [1.165, 1.54) is 26.0 Å². The van der Waals surface area contributed by atoms with Crippen LogP contribution in [-0.4, -0.2) is 23.0 Å². The molecule has 3 aromatic rings. The van der Waals surface area contributed by atoms with Crippen LogP contribution in [0.25, 0.3) is 0 Å². The molecule has 2 aliphatic rings. The van der Waals surface area contributed by atoms with Gasteiger partial charge in [-0.05, 0) is 35.9 Å². The van der Waals surface area contributed by atoms with Gasteiger partial charge in [-0.15, -0.1) is 0 Å². The van der Waals surface area contributed by atoms with E-state index in [1.807, 2.05) is 0 Å². The minimum absolute atomic E-state index is 0.221. The zero-order chi connectivity index (χ0) is 23.3. The van der Waals surface area contributed by atoms with Gasteiger partial charge in [-0.1, -0.05) is 12.1 Å². The largest absolute Gasteiger partial charge is 0.456 e. The number of aliphatic hydroxyl groups excluding tert-OH is 1. The summed E-state index contributed by atoms with van der Waals surface area (Å²) in [7, 11) is 0. The van der Waals surface area contributed by atoms with Gasteiger partial charge in [0.1, 0.15) is 23.0 Å². The molecule has 0 saturated heterocycles. The van der Waals surface area contributed by atoms with Gasteiger partial charge < -0.3 is 24.1 Å². The first-order valence-electron chi connectivity index (χ1n) is 10.1. The van der Waals surface area contributed by atoms with E-state index >= 15 is 0 Å². The Morgan fingerprint density at radius 2 is 1.39 bits per heavy atom. The molecule has 3 aromatic carbocycles. The third-order valence-corrected chi connectivity index (χ3v) is 5.52. The molecule has 0 fully saturated rings. The van der Waals surface area contributed by atoms with Gasteiger partial charge in [-0.2, -0.15) is 0 Å². The third-order valence-electron chi connectivity index (χ3n) is 5.52. The molecule has 1 spiro atoms. The van der Waals surface area contributed by atoms with Crippen molar-refractivity contribution < 1.29 is 38.4 Å².